The van der Waals surface area contributed by atoms with Crippen molar-refractivity contribution in [2.75, 3.05) is 39.4 Å². The van der Waals surface area contributed by atoms with Gasteiger partial charge in [0.05, 0.1) is 31.8 Å². The third-order valence-electron chi connectivity index (χ3n) is 4.03. The van der Waals surface area contributed by atoms with Crippen LogP contribution in [0.15, 0.2) is 17.5 Å². The molecule has 0 aromatic carbocycles. The topological polar surface area (TPSA) is 53.0 Å². The first-order valence-corrected chi connectivity index (χ1v) is 7.92. The number of likely N-dealkylation sites (tertiary alicyclic amines) is 1. The Bertz CT molecular complexity index is 445. The van der Waals surface area contributed by atoms with Gasteiger partial charge in [0.15, 0.2) is 0 Å². The number of β-amino-alcohol motifs (C(OH)–C–C–N with tert-alkyl or cyclic N) is 1. The van der Waals surface area contributed by atoms with Gasteiger partial charge in [-0.1, -0.05) is 6.07 Å². The maximum Gasteiger partial charge on any atom is 0.227 e. The van der Waals surface area contributed by atoms with Crippen LogP contribution in [0.3, 0.4) is 0 Å². The van der Waals surface area contributed by atoms with Crippen LogP contribution in [0.2, 0.25) is 0 Å². The van der Waals surface area contributed by atoms with E-state index < -0.39 is 6.10 Å². The predicted octanol–water partition coefficient (Wildman–Crippen LogP) is 0.194. The van der Waals surface area contributed by atoms with Crippen molar-refractivity contribution in [1.29, 1.82) is 0 Å². The third kappa shape index (κ3) is 3.03. The van der Waals surface area contributed by atoms with Gasteiger partial charge in [-0.25, -0.2) is 0 Å². The van der Waals surface area contributed by atoms with Gasteiger partial charge in [0, 0.05) is 31.1 Å². The molecule has 0 aliphatic carbocycles. The van der Waals surface area contributed by atoms with E-state index in [1.165, 1.54) is 0 Å². The average Bonchev–Trinajstić information content (AvgIpc) is 3.09. The van der Waals surface area contributed by atoms with Crippen molar-refractivity contribution in [3.05, 3.63) is 22.4 Å². The summed E-state index contributed by atoms with van der Waals surface area (Å²) >= 11 is 1.60. The van der Waals surface area contributed by atoms with Gasteiger partial charge in [0.1, 0.15) is 0 Å². The lowest BCUT2D eigenvalue weighted by atomic mass is 10.1. The lowest BCUT2D eigenvalue weighted by Crippen LogP contribution is -2.49. The highest BCUT2D eigenvalue weighted by Gasteiger charge is 2.37. The van der Waals surface area contributed by atoms with E-state index in [4.69, 9.17) is 4.74 Å². The highest BCUT2D eigenvalue weighted by molar-refractivity contribution is 7.10. The molecule has 2 aliphatic heterocycles. The SMILES string of the molecule is O=C(Cc1cccs1)N1C[C@@H](O)[C@H](N2CCOCC2)C1. The first-order chi connectivity index (χ1) is 9.74. The van der Waals surface area contributed by atoms with Crippen molar-refractivity contribution < 1.29 is 14.6 Å². The Morgan fingerprint density at radius 2 is 2.20 bits per heavy atom. The van der Waals surface area contributed by atoms with Crippen molar-refractivity contribution in [1.82, 2.24) is 9.80 Å². The zero-order chi connectivity index (χ0) is 13.9. The number of aliphatic hydroxyl groups is 1. The van der Waals surface area contributed by atoms with Gasteiger partial charge in [-0.05, 0) is 11.4 Å². The molecule has 1 N–H and O–H groups in total. The number of amides is 1. The van der Waals surface area contributed by atoms with Gasteiger partial charge in [-0.3, -0.25) is 9.69 Å². The minimum Gasteiger partial charge on any atom is -0.390 e. The lowest BCUT2D eigenvalue weighted by Gasteiger charge is -2.33. The van der Waals surface area contributed by atoms with E-state index in [1.54, 1.807) is 16.2 Å². The van der Waals surface area contributed by atoms with E-state index in [9.17, 15) is 9.90 Å². The van der Waals surface area contributed by atoms with Gasteiger partial charge >= 0.3 is 0 Å². The fraction of sp³-hybridized carbons (Fsp3) is 0.643. The quantitative estimate of drug-likeness (QED) is 0.865. The summed E-state index contributed by atoms with van der Waals surface area (Å²) in [6.45, 7) is 4.19. The monoisotopic (exact) mass is 296 g/mol. The molecular formula is C14H20N2O3S. The second-order valence-electron chi connectivity index (χ2n) is 5.34. The van der Waals surface area contributed by atoms with E-state index >= 15 is 0 Å². The molecule has 1 aromatic rings. The third-order valence-corrected chi connectivity index (χ3v) is 4.91. The molecule has 20 heavy (non-hydrogen) atoms. The summed E-state index contributed by atoms with van der Waals surface area (Å²) in [7, 11) is 0. The molecular weight excluding hydrogens is 276 g/mol. The Kier molecular flexibility index (Phi) is 4.35. The molecule has 0 unspecified atom stereocenters. The Balaban J connectivity index is 1.58. The summed E-state index contributed by atoms with van der Waals surface area (Å²) in [6.07, 6.45) is 0.000573. The average molecular weight is 296 g/mol. The van der Waals surface area contributed by atoms with Crippen LogP contribution in [0.1, 0.15) is 4.88 Å². The van der Waals surface area contributed by atoms with Crippen molar-refractivity contribution >= 4 is 17.2 Å². The van der Waals surface area contributed by atoms with Crippen molar-refractivity contribution in [3.63, 3.8) is 0 Å². The van der Waals surface area contributed by atoms with E-state index in [1.807, 2.05) is 17.5 Å². The second kappa shape index (κ2) is 6.22. The van der Waals surface area contributed by atoms with Gasteiger partial charge < -0.3 is 14.7 Å². The van der Waals surface area contributed by atoms with Crippen LogP contribution in [0.25, 0.3) is 0 Å². The van der Waals surface area contributed by atoms with E-state index in [2.05, 4.69) is 4.90 Å². The number of nitrogens with zero attached hydrogens (tertiary/aromatic N) is 2. The first-order valence-electron chi connectivity index (χ1n) is 7.04. The number of morpholine rings is 1. The molecule has 3 heterocycles. The second-order valence-corrected chi connectivity index (χ2v) is 6.37. The van der Waals surface area contributed by atoms with Crippen molar-refractivity contribution in [2.24, 2.45) is 0 Å². The van der Waals surface area contributed by atoms with Gasteiger partial charge in [0.2, 0.25) is 5.91 Å². The predicted molar refractivity (Wildman–Crippen MR) is 76.8 cm³/mol. The standard InChI is InChI=1S/C14H20N2O3S/c17-13-10-16(14(18)8-11-2-1-7-20-11)9-12(13)15-3-5-19-6-4-15/h1-2,7,12-13,17H,3-6,8-10H2/t12-,13-/m1/s1. The molecule has 2 saturated heterocycles. The molecule has 110 valence electrons. The van der Waals surface area contributed by atoms with Crippen LogP contribution in [-0.4, -0.2) is 72.4 Å². The number of thiophene rings is 1. The molecule has 0 spiro atoms. The minimum atomic E-state index is -0.444. The molecule has 1 amide bonds. The van der Waals surface area contributed by atoms with Crippen LogP contribution in [0.5, 0.6) is 0 Å². The van der Waals surface area contributed by atoms with Crippen LogP contribution < -0.4 is 0 Å². The fourth-order valence-corrected chi connectivity index (χ4v) is 3.61. The highest BCUT2D eigenvalue weighted by Crippen LogP contribution is 2.19. The van der Waals surface area contributed by atoms with E-state index in [0.717, 1.165) is 18.0 Å². The Labute approximate surface area is 122 Å². The summed E-state index contributed by atoms with van der Waals surface area (Å²) in [6, 6.07) is 4.00. The van der Waals surface area contributed by atoms with Crippen LogP contribution >= 0.6 is 11.3 Å². The Hall–Kier alpha value is -0.950. The summed E-state index contributed by atoms with van der Waals surface area (Å²) in [5.74, 6) is 0.113. The number of carbonyl (C=O) groups excluding carboxylic acids is 1. The molecule has 2 aliphatic rings. The number of ether oxygens (including phenoxy) is 1. The molecule has 1 aromatic heterocycles. The number of rotatable bonds is 3. The smallest absolute Gasteiger partial charge is 0.227 e. The van der Waals surface area contributed by atoms with Crippen LogP contribution in [-0.2, 0) is 16.0 Å². The van der Waals surface area contributed by atoms with Crippen LogP contribution in [0.4, 0.5) is 0 Å². The number of hydrogen-bond donors (Lipinski definition) is 1. The lowest BCUT2D eigenvalue weighted by molar-refractivity contribution is -0.129. The van der Waals surface area contributed by atoms with Crippen molar-refractivity contribution in [2.45, 2.75) is 18.6 Å². The number of aliphatic hydroxyl groups excluding tert-OH is 1. The van der Waals surface area contributed by atoms with Gasteiger partial charge in [-0.15, -0.1) is 11.3 Å². The molecule has 3 rings (SSSR count). The molecule has 0 bridgehead atoms. The fourth-order valence-electron chi connectivity index (χ4n) is 2.92. The Morgan fingerprint density at radius 3 is 2.90 bits per heavy atom. The van der Waals surface area contributed by atoms with Crippen LogP contribution in [0, 0.1) is 0 Å². The minimum absolute atomic E-state index is 0.0613. The molecule has 2 atom stereocenters. The highest BCUT2D eigenvalue weighted by atomic mass is 32.1. The molecule has 6 heteroatoms. The first kappa shape index (κ1) is 14.0. The number of carbonyl (C=O) groups is 1. The summed E-state index contributed by atoms with van der Waals surface area (Å²) < 4.78 is 5.34. The summed E-state index contributed by atoms with van der Waals surface area (Å²) in [5, 5.41) is 12.2. The maximum absolute atomic E-state index is 12.3. The normalized spacial score (nSPS) is 27.9. The van der Waals surface area contributed by atoms with Crippen molar-refractivity contribution in [3.8, 4) is 0 Å². The molecule has 0 radical (unpaired) electrons. The Morgan fingerprint density at radius 1 is 1.40 bits per heavy atom. The molecule has 2 fully saturated rings. The zero-order valence-corrected chi connectivity index (χ0v) is 12.2. The molecule has 0 saturated carbocycles. The summed E-state index contributed by atoms with van der Waals surface area (Å²) in [5.41, 5.74) is 0. The van der Waals surface area contributed by atoms with Gasteiger partial charge in [-0.2, -0.15) is 0 Å². The maximum atomic E-state index is 12.3. The van der Waals surface area contributed by atoms with E-state index in [0.29, 0.717) is 32.7 Å². The molecule has 5 nitrogen and oxygen atoms in total. The largest absolute Gasteiger partial charge is 0.390 e. The van der Waals surface area contributed by atoms with E-state index in [-0.39, 0.29) is 11.9 Å². The number of hydrogen-bond acceptors (Lipinski definition) is 5. The van der Waals surface area contributed by atoms with Gasteiger partial charge in [0.25, 0.3) is 0 Å². The summed E-state index contributed by atoms with van der Waals surface area (Å²) in [4.78, 5) is 17.4. The zero-order valence-electron chi connectivity index (χ0n) is 11.4.